The largest absolute Gasteiger partial charge is 0.494 e. The van der Waals surface area contributed by atoms with Gasteiger partial charge in [-0.25, -0.2) is 4.98 Å². The third-order valence-electron chi connectivity index (χ3n) is 11.2. The van der Waals surface area contributed by atoms with Crippen molar-refractivity contribution in [2.45, 2.75) is 56.5 Å². The van der Waals surface area contributed by atoms with Gasteiger partial charge >= 0.3 is 0 Å². The predicted octanol–water partition coefficient (Wildman–Crippen LogP) is 4.44. The number of nitrogens with zero attached hydrogens (tertiary/aromatic N) is 5. The van der Waals surface area contributed by atoms with Crippen LogP contribution >= 0.6 is 15.9 Å². The second-order valence-corrected chi connectivity index (χ2v) is 15.6. The van der Waals surface area contributed by atoms with Gasteiger partial charge in [0.25, 0.3) is 17.4 Å². The molecule has 2 N–H and O–H groups in total. The molecule has 8 rings (SSSR count). The van der Waals surface area contributed by atoms with Gasteiger partial charge in [0, 0.05) is 44.8 Å². The van der Waals surface area contributed by atoms with Gasteiger partial charge in [-0.1, -0.05) is 24.3 Å². The molecule has 0 saturated carbocycles. The molecule has 2 aromatic carbocycles. The Balaban J connectivity index is 0.830. The SMILES string of the molecule is CN1C[C@H](Nc2nc3ccccn3c(=O)c2Br)C[C@H](c2ccc(OCCC3CCN(c4cccc5c4C(=O)N(C4CCC(=O)NC4=O)C5=O)CC3)cc2)C1. The number of pyridine rings is 1. The number of likely N-dealkylation sites (N-methyl/N-ethyl adjacent to an activating group) is 1. The van der Waals surface area contributed by atoms with Crippen molar-refractivity contribution >= 4 is 56.7 Å². The summed E-state index contributed by atoms with van der Waals surface area (Å²) in [6.07, 6.45) is 5.60. The highest BCUT2D eigenvalue weighted by Crippen LogP contribution is 2.36. The van der Waals surface area contributed by atoms with Crippen molar-refractivity contribution < 1.29 is 23.9 Å². The van der Waals surface area contributed by atoms with E-state index in [2.05, 4.69) is 55.5 Å². The number of anilines is 2. The first-order chi connectivity index (χ1) is 26.1. The number of fused-ring (bicyclic) bond motifs is 2. The smallest absolute Gasteiger partial charge is 0.274 e. The molecule has 0 bridgehead atoms. The second kappa shape index (κ2) is 15.0. The number of aromatic nitrogens is 2. The number of benzene rings is 2. The van der Waals surface area contributed by atoms with Crippen molar-refractivity contribution in [1.29, 1.82) is 0 Å². The molecular weight excluding hydrogens is 754 g/mol. The van der Waals surface area contributed by atoms with E-state index >= 15 is 0 Å². The number of carbonyl (C=O) groups excluding carboxylic acids is 4. The number of halogens is 1. The number of rotatable bonds is 9. The van der Waals surface area contributed by atoms with Gasteiger partial charge < -0.3 is 19.9 Å². The maximum Gasteiger partial charge on any atom is 0.274 e. The summed E-state index contributed by atoms with van der Waals surface area (Å²) in [4.78, 5) is 74.1. The zero-order valence-electron chi connectivity index (χ0n) is 30.0. The minimum atomic E-state index is -0.981. The lowest BCUT2D eigenvalue weighted by Crippen LogP contribution is -2.54. The number of ether oxygens (including phenoxy) is 1. The Morgan fingerprint density at radius 2 is 1.72 bits per heavy atom. The number of amides is 4. The van der Waals surface area contributed by atoms with Crippen LogP contribution in [0.1, 0.15) is 70.7 Å². The van der Waals surface area contributed by atoms with Crippen LogP contribution < -0.4 is 25.8 Å². The number of hydrogen-bond donors (Lipinski definition) is 2. The number of likely N-dealkylation sites (tertiary alicyclic amines) is 1. The Hall–Kier alpha value is -5.08. The summed E-state index contributed by atoms with van der Waals surface area (Å²) in [5.41, 5.74) is 3.07. The summed E-state index contributed by atoms with van der Waals surface area (Å²) < 4.78 is 8.15. The van der Waals surface area contributed by atoms with Crippen molar-refractivity contribution in [2.24, 2.45) is 5.92 Å². The highest BCUT2D eigenvalue weighted by atomic mass is 79.9. The van der Waals surface area contributed by atoms with Crippen LogP contribution in [0.25, 0.3) is 5.65 Å². The zero-order valence-corrected chi connectivity index (χ0v) is 31.6. The summed E-state index contributed by atoms with van der Waals surface area (Å²) in [7, 11) is 2.12. The van der Waals surface area contributed by atoms with E-state index in [0.717, 1.165) is 68.2 Å². The van der Waals surface area contributed by atoms with E-state index in [9.17, 15) is 24.0 Å². The Bertz CT molecular complexity index is 2180. The molecule has 280 valence electrons. The maximum absolute atomic E-state index is 13.6. The van der Waals surface area contributed by atoms with E-state index in [1.807, 2.05) is 36.4 Å². The number of nitrogens with one attached hydrogen (secondary N) is 2. The average Bonchev–Trinajstić information content (AvgIpc) is 3.43. The summed E-state index contributed by atoms with van der Waals surface area (Å²) in [6, 6.07) is 18.3. The summed E-state index contributed by atoms with van der Waals surface area (Å²) in [5, 5.41) is 5.79. The first-order valence-corrected chi connectivity index (χ1v) is 19.4. The number of imide groups is 2. The topological polar surface area (TPSA) is 146 Å². The van der Waals surface area contributed by atoms with Crippen molar-refractivity contribution in [1.82, 2.24) is 24.5 Å². The highest BCUT2D eigenvalue weighted by Gasteiger charge is 2.46. The molecule has 4 aromatic rings. The van der Waals surface area contributed by atoms with Crippen LogP contribution in [0.4, 0.5) is 11.5 Å². The quantitative estimate of drug-likeness (QED) is 0.233. The molecular formula is C40H42BrN7O6. The third-order valence-corrected chi connectivity index (χ3v) is 11.9. The van der Waals surface area contributed by atoms with Gasteiger partial charge in [0.05, 0.1) is 23.4 Å². The fourth-order valence-corrected chi connectivity index (χ4v) is 8.82. The van der Waals surface area contributed by atoms with Crippen molar-refractivity contribution in [3.05, 3.63) is 98.4 Å². The van der Waals surface area contributed by atoms with E-state index in [1.165, 1.54) is 9.96 Å². The minimum Gasteiger partial charge on any atom is -0.494 e. The molecule has 0 aliphatic carbocycles. The van der Waals surface area contributed by atoms with Crippen LogP contribution in [0.5, 0.6) is 5.75 Å². The molecule has 0 radical (unpaired) electrons. The number of carbonyl (C=O) groups is 4. The van der Waals surface area contributed by atoms with E-state index < -0.39 is 29.7 Å². The molecule has 0 spiro atoms. The molecule has 2 aromatic heterocycles. The van der Waals surface area contributed by atoms with E-state index in [1.54, 1.807) is 18.3 Å². The molecule has 3 saturated heterocycles. The summed E-state index contributed by atoms with van der Waals surface area (Å²) in [5.74, 6) is 0.212. The Morgan fingerprint density at radius 3 is 2.50 bits per heavy atom. The molecule has 6 heterocycles. The van der Waals surface area contributed by atoms with E-state index in [-0.39, 0.29) is 24.4 Å². The van der Waals surface area contributed by atoms with Crippen LogP contribution in [0.2, 0.25) is 0 Å². The lowest BCUT2D eigenvalue weighted by Gasteiger charge is -2.36. The van der Waals surface area contributed by atoms with Crippen molar-refractivity contribution in [3.63, 3.8) is 0 Å². The van der Waals surface area contributed by atoms with Gasteiger partial charge in [0.1, 0.15) is 27.7 Å². The normalized spacial score (nSPS) is 22.4. The fourth-order valence-electron chi connectivity index (χ4n) is 8.42. The van der Waals surface area contributed by atoms with E-state index in [0.29, 0.717) is 45.5 Å². The van der Waals surface area contributed by atoms with Crippen LogP contribution in [0.3, 0.4) is 0 Å². The van der Waals surface area contributed by atoms with Crippen LogP contribution in [0, 0.1) is 5.92 Å². The molecule has 4 amide bonds. The maximum atomic E-state index is 13.6. The average molecular weight is 797 g/mol. The third kappa shape index (κ3) is 7.00. The minimum absolute atomic E-state index is 0.0896. The van der Waals surface area contributed by atoms with Crippen LogP contribution in [0.15, 0.2) is 76.1 Å². The Kier molecular flexibility index (Phi) is 9.97. The van der Waals surface area contributed by atoms with Gasteiger partial charge in [-0.15, -0.1) is 0 Å². The van der Waals surface area contributed by atoms with Gasteiger partial charge in [-0.05, 0) is 109 Å². The van der Waals surface area contributed by atoms with Crippen molar-refractivity contribution in [3.8, 4) is 5.75 Å². The molecule has 54 heavy (non-hydrogen) atoms. The molecule has 1 unspecified atom stereocenters. The molecule has 3 atom stereocenters. The van der Waals surface area contributed by atoms with Crippen molar-refractivity contribution in [2.75, 3.05) is 50.1 Å². The zero-order chi connectivity index (χ0) is 37.5. The summed E-state index contributed by atoms with van der Waals surface area (Å²) >= 11 is 3.47. The molecule has 13 nitrogen and oxygen atoms in total. The monoisotopic (exact) mass is 795 g/mol. The first-order valence-electron chi connectivity index (χ1n) is 18.6. The molecule has 4 aliphatic rings. The first kappa shape index (κ1) is 35.9. The van der Waals surface area contributed by atoms with Gasteiger partial charge in [0.2, 0.25) is 11.8 Å². The van der Waals surface area contributed by atoms with Gasteiger partial charge in [-0.3, -0.25) is 38.6 Å². The Labute approximate surface area is 320 Å². The highest BCUT2D eigenvalue weighted by molar-refractivity contribution is 9.10. The van der Waals surface area contributed by atoms with Crippen LogP contribution in [-0.4, -0.2) is 94.7 Å². The Morgan fingerprint density at radius 1 is 0.926 bits per heavy atom. The standard InChI is InChI=1S/C40H42BrN7O6/c1-45-22-26(21-27(23-45)42-36-35(41)40(53)47-17-3-2-7-32(47)43-36)25-8-10-28(11-9-25)54-20-16-24-14-18-46(19-15-24)30-6-4-5-29-34(30)39(52)48(38(29)51)31-12-13-33(49)44-37(31)50/h2-11,17,24,26-27,31,42H,12-16,18-23H2,1H3,(H,44,49,50)/t26-,27+,31?/m0/s1. The fraction of sp³-hybridized carbons (Fsp3) is 0.400. The number of hydrogen-bond acceptors (Lipinski definition) is 10. The lowest BCUT2D eigenvalue weighted by atomic mass is 9.88. The molecule has 14 heteroatoms. The van der Waals surface area contributed by atoms with Gasteiger partial charge in [0.15, 0.2) is 0 Å². The van der Waals surface area contributed by atoms with Gasteiger partial charge in [-0.2, -0.15) is 0 Å². The molecule has 3 fully saturated rings. The van der Waals surface area contributed by atoms with Crippen LogP contribution in [-0.2, 0) is 9.59 Å². The molecule has 4 aliphatic heterocycles. The second-order valence-electron chi connectivity index (χ2n) is 14.8. The lowest BCUT2D eigenvalue weighted by molar-refractivity contribution is -0.136. The number of piperidine rings is 3. The predicted molar refractivity (Wildman–Crippen MR) is 206 cm³/mol. The van der Waals surface area contributed by atoms with E-state index in [4.69, 9.17) is 9.72 Å². The summed E-state index contributed by atoms with van der Waals surface area (Å²) in [6.45, 7) is 3.86.